The first kappa shape index (κ1) is 17.5. The first-order valence-electron chi connectivity index (χ1n) is 8.77. The molecule has 2 aromatic rings. The molecule has 1 amide bonds. The summed E-state index contributed by atoms with van der Waals surface area (Å²) in [6.45, 7) is 2.59. The Hall–Kier alpha value is -2.33. The van der Waals surface area contributed by atoms with Crippen molar-refractivity contribution < 1.29 is 9.90 Å². The number of nitrogens with zero attached hydrogens (tertiary/aromatic N) is 2. The quantitative estimate of drug-likeness (QED) is 0.877. The number of carbonyl (C=O) groups is 1. The second-order valence-corrected chi connectivity index (χ2v) is 7.09. The summed E-state index contributed by atoms with van der Waals surface area (Å²) in [5.41, 5.74) is 3.14. The van der Waals surface area contributed by atoms with Crippen molar-refractivity contribution in [2.24, 2.45) is 0 Å². The molecular weight excluding hydrogens is 312 g/mol. The zero-order chi connectivity index (χ0) is 18.0. The molecule has 4 heteroatoms. The van der Waals surface area contributed by atoms with E-state index in [4.69, 9.17) is 0 Å². The van der Waals surface area contributed by atoms with Crippen LogP contribution in [0.15, 0.2) is 48.5 Å². The smallest absolute Gasteiger partial charge is 0.245 e. The average molecular weight is 338 g/mol. The minimum atomic E-state index is -0.292. The molecule has 0 saturated heterocycles. The van der Waals surface area contributed by atoms with Gasteiger partial charge in [-0.25, -0.2) is 0 Å². The zero-order valence-corrected chi connectivity index (χ0v) is 15.1. The third-order valence-corrected chi connectivity index (χ3v) is 4.77. The molecular formula is C21H26N2O2. The van der Waals surface area contributed by atoms with E-state index in [-0.39, 0.29) is 17.7 Å². The fourth-order valence-corrected chi connectivity index (χ4v) is 3.31. The normalized spacial score (nSPS) is 15.2. The third-order valence-electron chi connectivity index (χ3n) is 4.77. The third kappa shape index (κ3) is 4.02. The summed E-state index contributed by atoms with van der Waals surface area (Å²) in [5, 5.41) is 9.72. The summed E-state index contributed by atoms with van der Waals surface area (Å²) in [5.74, 6) is 0.369. The van der Waals surface area contributed by atoms with Crippen molar-refractivity contribution >= 4 is 5.91 Å². The van der Waals surface area contributed by atoms with Crippen LogP contribution in [0.1, 0.15) is 35.6 Å². The Labute approximate surface area is 149 Å². The molecule has 0 heterocycles. The van der Waals surface area contributed by atoms with Crippen LogP contribution in [-0.2, 0) is 11.3 Å². The van der Waals surface area contributed by atoms with Crippen molar-refractivity contribution in [2.45, 2.75) is 38.4 Å². The second-order valence-electron chi connectivity index (χ2n) is 7.09. The number of aryl methyl sites for hydroxylation is 1. The highest BCUT2D eigenvalue weighted by molar-refractivity contribution is 5.84. The van der Waals surface area contributed by atoms with Crippen molar-refractivity contribution in [3.05, 3.63) is 65.2 Å². The van der Waals surface area contributed by atoms with E-state index in [1.54, 1.807) is 12.1 Å². The molecule has 1 aliphatic rings. The van der Waals surface area contributed by atoms with Gasteiger partial charge in [0.25, 0.3) is 0 Å². The number of likely N-dealkylation sites (N-methyl/N-ethyl adjacent to an activating group) is 1. The molecule has 1 saturated carbocycles. The monoisotopic (exact) mass is 338 g/mol. The summed E-state index contributed by atoms with van der Waals surface area (Å²) in [4.78, 5) is 17.4. The molecule has 0 spiro atoms. The summed E-state index contributed by atoms with van der Waals surface area (Å²) >= 11 is 0. The fraction of sp³-hybridized carbons (Fsp3) is 0.381. The molecule has 1 fully saturated rings. The largest absolute Gasteiger partial charge is 0.508 e. The molecule has 4 nitrogen and oxygen atoms in total. The van der Waals surface area contributed by atoms with Crippen LogP contribution in [-0.4, -0.2) is 41.0 Å². The van der Waals surface area contributed by atoms with E-state index in [9.17, 15) is 9.90 Å². The van der Waals surface area contributed by atoms with Gasteiger partial charge in [0.2, 0.25) is 5.91 Å². The van der Waals surface area contributed by atoms with Gasteiger partial charge < -0.3 is 10.0 Å². The van der Waals surface area contributed by atoms with Gasteiger partial charge in [-0.05, 0) is 62.7 Å². The van der Waals surface area contributed by atoms with E-state index < -0.39 is 0 Å². The summed E-state index contributed by atoms with van der Waals surface area (Å²) in [7, 11) is 3.91. The molecule has 1 atom stereocenters. The Morgan fingerprint density at radius 2 is 1.88 bits per heavy atom. The maximum atomic E-state index is 13.4. The zero-order valence-electron chi connectivity index (χ0n) is 15.1. The Morgan fingerprint density at radius 3 is 2.48 bits per heavy atom. The van der Waals surface area contributed by atoms with Crippen molar-refractivity contribution in [1.29, 1.82) is 0 Å². The molecule has 0 bridgehead atoms. The highest BCUT2D eigenvalue weighted by Gasteiger charge is 2.37. The van der Waals surface area contributed by atoms with Gasteiger partial charge >= 0.3 is 0 Å². The minimum Gasteiger partial charge on any atom is -0.508 e. The lowest BCUT2D eigenvalue weighted by molar-refractivity contribution is -0.137. The van der Waals surface area contributed by atoms with Crippen LogP contribution in [0, 0.1) is 6.92 Å². The lowest BCUT2D eigenvalue weighted by Crippen LogP contribution is -2.41. The fourth-order valence-electron chi connectivity index (χ4n) is 3.31. The number of phenolic OH excluding ortho intramolecular Hbond substituents is 1. The van der Waals surface area contributed by atoms with Gasteiger partial charge in [-0.3, -0.25) is 9.69 Å². The van der Waals surface area contributed by atoms with Crippen LogP contribution in [0.3, 0.4) is 0 Å². The van der Waals surface area contributed by atoms with Gasteiger partial charge in [0.15, 0.2) is 0 Å². The SMILES string of the molecule is Cc1ccccc1C(C(=O)N(Cc1cccc(O)c1)C1CC1)N(C)C. The number of benzene rings is 2. The Kier molecular flexibility index (Phi) is 5.09. The van der Waals surface area contributed by atoms with Crippen LogP contribution in [0.2, 0.25) is 0 Å². The number of carbonyl (C=O) groups excluding carboxylic acids is 1. The van der Waals surface area contributed by atoms with Gasteiger partial charge in [-0.15, -0.1) is 0 Å². The molecule has 0 radical (unpaired) electrons. The van der Waals surface area contributed by atoms with Crippen LogP contribution in [0.5, 0.6) is 5.75 Å². The van der Waals surface area contributed by atoms with Crippen LogP contribution in [0.25, 0.3) is 0 Å². The number of phenols is 1. The lowest BCUT2D eigenvalue weighted by atomic mass is 9.99. The van der Waals surface area contributed by atoms with Crippen LogP contribution in [0.4, 0.5) is 0 Å². The first-order chi connectivity index (χ1) is 12.0. The van der Waals surface area contributed by atoms with Gasteiger partial charge in [0.05, 0.1) is 0 Å². The second kappa shape index (κ2) is 7.28. The topological polar surface area (TPSA) is 43.8 Å². The molecule has 0 aromatic heterocycles. The maximum absolute atomic E-state index is 13.4. The Morgan fingerprint density at radius 1 is 1.16 bits per heavy atom. The summed E-state index contributed by atoms with van der Waals surface area (Å²) < 4.78 is 0. The van der Waals surface area contributed by atoms with Gasteiger partial charge in [0.1, 0.15) is 11.8 Å². The van der Waals surface area contributed by atoms with Gasteiger partial charge in [-0.1, -0.05) is 36.4 Å². The van der Waals surface area contributed by atoms with Crippen molar-refractivity contribution in [1.82, 2.24) is 9.80 Å². The first-order valence-corrected chi connectivity index (χ1v) is 8.77. The summed E-state index contributed by atoms with van der Waals surface area (Å²) in [6.07, 6.45) is 2.11. The average Bonchev–Trinajstić information content (AvgIpc) is 3.39. The predicted molar refractivity (Wildman–Crippen MR) is 99.3 cm³/mol. The molecule has 1 N–H and O–H groups in total. The molecule has 1 unspecified atom stereocenters. The van der Waals surface area contributed by atoms with Gasteiger partial charge in [-0.2, -0.15) is 0 Å². The molecule has 3 rings (SSSR count). The van der Waals surface area contributed by atoms with Crippen molar-refractivity contribution in [3.63, 3.8) is 0 Å². The van der Waals surface area contributed by atoms with Crippen molar-refractivity contribution in [3.8, 4) is 5.75 Å². The number of hydrogen-bond donors (Lipinski definition) is 1. The molecule has 2 aromatic carbocycles. The Balaban J connectivity index is 1.89. The summed E-state index contributed by atoms with van der Waals surface area (Å²) in [6, 6.07) is 15.3. The van der Waals surface area contributed by atoms with E-state index in [0.717, 1.165) is 29.5 Å². The molecule has 0 aliphatic heterocycles. The van der Waals surface area contributed by atoms with Crippen LogP contribution >= 0.6 is 0 Å². The predicted octanol–water partition coefficient (Wildman–Crippen LogP) is 3.49. The van der Waals surface area contributed by atoms with Crippen LogP contribution < -0.4 is 0 Å². The minimum absolute atomic E-state index is 0.130. The van der Waals surface area contributed by atoms with E-state index in [1.807, 2.05) is 54.2 Å². The number of aromatic hydroxyl groups is 1. The van der Waals surface area contributed by atoms with E-state index in [2.05, 4.69) is 13.0 Å². The van der Waals surface area contributed by atoms with Crippen molar-refractivity contribution in [2.75, 3.05) is 14.1 Å². The molecule has 132 valence electrons. The lowest BCUT2D eigenvalue weighted by Gasteiger charge is -2.32. The highest BCUT2D eigenvalue weighted by Crippen LogP contribution is 2.33. The molecule has 1 aliphatic carbocycles. The highest BCUT2D eigenvalue weighted by atomic mass is 16.3. The van der Waals surface area contributed by atoms with E-state index >= 15 is 0 Å². The van der Waals surface area contributed by atoms with E-state index in [0.29, 0.717) is 12.6 Å². The maximum Gasteiger partial charge on any atom is 0.245 e. The number of amides is 1. The van der Waals surface area contributed by atoms with E-state index in [1.165, 1.54) is 0 Å². The number of hydrogen-bond acceptors (Lipinski definition) is 3. The number of rotatable bonds is 6. The standard InChI is InChI=1S/C21H26N2O2/c1-15-7-4-5-10-19(15)20(22(2)3)21(25)23(17-11-12-17)14-16-8-6-9-18(24)13-16/h4-10,13,17,20,24H,11-12,14H2,1-3H3. The van der Waals surface area contributed by atoms with Gasteiger partial charge in [0, 0.05) is 12.6 Å². The Bertz CT molecular complexity index is 753. The molecule has 25 heavy (non-hydrogen) atoms.